The van der Waals surface area contributed by atoms with Gasteiger partial charge in [0.05, 0.1) is 24.4 Å². The summed E-state index contributed by atoms with van der Waals surface area (Å²) in [5.41, 5.74) is 1.89. The van der Waals surface area contributed by atoms with E-state index in [1.54, 1.807) is 18.2 Å². The van der Waals surface area contributed by atoms with Crippen LogP contribution in [-0.4, -0.2) is 38.3 Å². The zero-order valence-corrected chi connectivity index (χ0v) is 16.4. The number of aliphatic imine (C=N–C) groups is 1. The van der Waals surface area contributed by atoms with Crippen molar-refractivity contribution < 1.29 is 23.1 Å². The molecule has 1 unspecified atom stereocenters. The Labute approximate surface area is 172 Å². The lowest BCUT2D eigenvalue weighted by molar-refractivity contribution is -0.146. The first-order valence-corrected chi connectivity index (χ1v) is 9.73. The lowest BCUT2D eigenvalue weighted by Crippen LogP contribution is -2.37. The minimum Gasteiger partial charge on any atom is -0.469 e. The Morgan fingerprint density at radius 3 is 2.67 bits per heavy atom. The summed E-state index contributed by atoms with van der Waals surface area (Å²) in [6.07, 6.45) is 2.67. The zero-order valence-electron chi connectivity index (χ0n) is 16.4. The van der Waals surface area contributed by atoms with E-state index in [0.29, 0.717) is 48.6 Å². The second kappa shape index (κ2) is 8.22. The number of rotatable bonds is 4. The number of piperidine rings is 1. The van der Waals surface area contributed by atoms with Gasteiger partial charge in [0, 0.05) is 31.1 Å². The van der Waals surface area contributed by atoms with Crippen molar-refractivity contribution in [3.05, 3.63) is 53.6 Å². The van der Waals surface area contributed by atoms with Gasteiger partial charge in [0.25, 0.3) is 0 Å². The molecule has 1 saturated heterocycles. The van der Waals surface area contributed by atoms with E-state index in [9.17, 15) is 18.4 Å². The van der Waals surface area contributed by atoms with Crippen LogP contribution in [0.1, 0.15) is 24.3 Å². The summed E-state index contributed by atoms with van der Waals surface area (Å²) in [5.74, 6) is -2.17. The van der Waals surface area contributed by atoms with Gasteiger partial charge < -0.3 is 15.0 Å². The van der Waals surface area contributed by atoms with Gasteiger partial charge in [0.15, 0.2) is 0 Å². The monoisotopic (exact) mass is 413 g/mol. The van der Waals surface area contributed by atoms with Gasteiger partial charge in [0.1, 0.15) is 17.6 Å². The number of benzene rings is 2. The van der Waals surface area contributed by atoms with Gasteiger partial charge in [-0.25, -0.2) is 8.78 Å². The predicted molar refractivity (Wildman–Crippen MR) is 109 cm³/mol. The number of fused-ring (bicyclic) bond motifs is 1. The molecular formula is C22H21F2N3O3. The van der Waals surface area contributed by atoms with E-state index in [1.807, 2.05) is 4.90 Å². The molecule has 0 spiro atoms. The molecule has 0 aromatic heterocycles. The minimum atomic E-state index is -0.652. The van der Waals surface area contributed by atoms with Crippen molar-refractivity contribution in [2.45, 2.75) is 18.8 Å². The van der Waals surface area contributed by atoms with Crippen LogP contribution >= 0.6 is 0 Å². The van der Waals surface area contributed by atoms with Crippen LogP contribution in [0.4, 0.5) is 25.8 Å². The number of hydrogen-bond acceptors (Lipinski definition) is 5. The molecule has 2 aromatic rings. The Hall–Kier alpha value is -3.29. The van der Waals surface area contributed by atoms with Crippen molar-refractivity contribution in [2.75, 3.05) is 30.4 Å². The number of halogens is 2. The maximum Gasteiger partial charge on any atom is 0.308 e. The normalized spacial score (nSPS) is 19.1. The molecule has 8 heteroatoms. The number of carbonyl (C=O) groups is 2. The lowest BCUT2D eigenvalue weighted by atomic mass is 9.96. The van der Waals surface area contributed by atoms with Crippen LogP contribution in [0.5, 0.6) is 0 Å². The van der Waals surface area contributed by atoms with E-state index in [1.165, 1.54) is 31.5 Å². The van der Waals surface area contributed by atoms with Crippen LogP contribution in [0, 0.1) is 17.6 Å². The highest BCUT2D eigenvalue weighted by molar-refractivity contribution is 6.12. The van der Waals surface area contributed by atoms with Crippen molar-refractivity contribution in [1.82, 2.24) is 0 Å². The first-order chi connectivity index (χ1) is 14.5. The molecule has 30 heavy (non-hydrogen) atoms. The summed E-state index contributed by atoms with van der Waals surface area (Å²) >= 11 is 0. The van der Waals surface area contributed by atoms with Crippen molar-refractivity contribution in [2.24, 2.45) is 10.9 Å². The summed E-state index contributed by atoms with van der Waals surface area (Å²) in [5, 5.41) is 2.62. The number of carbonyl (C=O) groups excluding carboxylic acids is 2. The van der Waals surface area contributed by atoms with Crippen molar-refractivity contribution in [1.29, 1.82) is 0 Å². The topological polar surface area (TPSA) is 71.0 Å². The molecule has 0 aliphatic carbocycles. The molecule has 2 aliphatic rings. The fourth-order valence-electron chi connectivity index (χ4n) is 3.92. The number of hydrogen-bond donors (Lipinski definition) is 1. The summed E-state index contributed by atoms with van der Waals surface area (Å²) in [4.78, 5) is 29.9. The number of methoxy groups -OCH3 is 1. The third-order valence-corrected chi connectivity index (χ3v) is 5.56. The molecule has 156 valence electrons. The number of nitrogens with one attached hydrogen (secondary N) is 1. The average Bonchev–Trinajstić information content (AvgIpc) is 3.05. The SMILES string of the molecule is COC(=O)C1CCN(c2ccc(N=CC3C(=O)Nc4cc(F)ccc43)cc2F)CC1. The molecule has 1 amide bonds. The summed E-state index contributed by atoms with van der Waals surface area (Å²) < 4.78 is 32.8. The highest BCUT2D eigenvalue weighted by Crippen LogP contribution is 2.33. The summed E-state index contributed by atoms with van der Waals surface area (Å²) in [7, 11) is 1.37. The predicted octanol–water partition coefficient (Wildman–Crippen LogP) is 3.79. The maximum absolute atomic E-state index is 14.7. The van der Waals surface area contributed by atoms with E-state index in [-0.39, 0.29) is 17.8 Å². The number of esters is 1. The van der Waals surface area contributed by atoms with E-state index in [0.717, 1.165) is 0 Å². The van der Waals surface area contributed by atoms with Gasteiger partial charge >= 0.3 is 5.97 Å². The molecule has 1 fully saturated rings. The maximum atomic E-state index is 14.7. The number of anilines is 2. The first kappa shape index (κ1) is 20.0. The molecule has 2 aromatic carbocycles. The Morgan fingerprint density at radius 1 is 1.20 bits per heavy atom. The quantitative estimate of drug-likeness (QED) is 0.612. The molecule has 2 aliphatic heterocycles. The van der Waals surface area contributed by atoms with Crippen LogP contribution in [-0.2, 0) is 14.3 Å². The summed E-state index contributed by atoms with van der Waals surface area (Å²) in [6, 6.07) is 8.74. The lowest BCUT2D eigenvalue weighted by Gasteiger charge is -2.32. The molecule has 1 atom stereocenters. The number of nitrogens with zero attached hydrogens (tertiary/aromatic N) is 2. The zero-order chi connectivity index (χ0) is 21.3. The van der Waals surface area contributed by atoms with E-state index in [2.05, 4.69) is 10.3 Å². The summed E-state index contributed by atoms with van der Waals surface area (Å²) in [6.45, 7) is 1.13. The van der Waals surface area contributed by atoms with Crippen LogP contribution in [0.15, 0.2) is 41.4 Å². The van der Waals surface area contributed by atoms with E-state index < -0.39 is 17.6 Å². The van der Waals surface area contributed by atoms with Crippen molar-refractivity contribution >= 4 is 35.2 Å². The van der Waals surface area contributed by atoms with E-state index >= 15 is 0 Å². The Morgan fingerprint density at radius 2 is 1.97 bits per heavy atom. The molecule has 2 heterocycles. The molecular weight excluding hydrogens is 392 g/mol. The van der Waals surface area contributed by atoms with Gasteiger partial charge in [0.2, 0.25) is 5.91 Å². The standard InChI is InChI=1S/C22H21F2N3O3/c1-30-22(29)13-6-8-27(9-7-13)20-5-3-15(11-18(20)24)25-12-17-16-4-2-14(23)10-19(16)26-21(17)28/h2-5,10-13,17H,6-9H2,1H3,(H,26,28). The van der Waals surface area contributed by atoms with Crippen molar-refractivity contribution in [3.63, 3.8) is 0 Å². The average molecular weight is 413 g/mol. The Bertz CT molecular complexity index is 1020. The molecule has 0 saturated carbocycles. The smallest absolute Gasteiger partial charge is 0.308 e. The fraction of sp³-hybridized carbons (Fsp3) is 0.318. The van der Waals surface area contributed by atoms with Crippen LogP contribution in [0.3, 0.4) is 0 Å². The number of amides is 1. The molecule has 1 N–H and O–H groups in total. The third-order valence-electron chi connectivity index (χ3n) is 5.56. The van der Waals surface area contributed by atoms with Crippen molar-refractivity contribution in [3.8, 4) is 0 Å². The molecule has 0 bridgehead atoms. The minimum absolute atomic E-state index is 0.146. The van der Waals surface area contributed by atoms with Gasteiger partial charge in [-0.1, -0.05) is 6.07 Å². The molecule has 0 radical (unpaired) electrons. The van der Waals surface area contributed by atoms with Crippen LogP contribution in [0.25, 0.3) is 0 Å². The highest BCUT2D eigenvalue weighted by atomic mass is 19.1. The fourth-order valence-corrected chi connectivity index (χ4v) is 3.92. The van der Waals surface area contributed by atoms with Gasteiger partial charge in [-0.3, -0.25) is 14.6 Å². The second-order valence-electron chi connectivity index (χ2n) is 7.40. The molecule has 6 nitrogen and oxygen atoms in total. The van der Waals surface area contributed by atoms with Crippen LogP contribution in [0.2, 0.25) is 0 Å². The second-order valence-corrected chi connectivity index (χ2v) is 7.40. The largest absolute Gasteiger partial charge is 0.469 e. The Balaban J connectivity index is 1.46. The van der Waals surface area contributed by atoms with Gasteiger partial charge in [-0.15, -0.1) is 0 Å². The highest BCUT2D eigenvalue weighted by Gasteiger charge is 2.29. The number of ether oxygens (including phenoxy) is 1. The molecule has 4 rings (SSSR count). The van der Waals surface area contributed by atoms with Crippen LogP contribution < -0.4 is 10.2 Å². The van der Waals surface area contributed by atoms with Gasteiger partial charge in [-0.05, 0) is 42.7 Å². The third kappa shape index (κ3) is 3.90. The first-order valence-electron chi connectivity index (χ1n) is 9.73. The van der Waals surface area contributed by atoms with E-state index in [4.69, 9.17) is 4.74 Å². The van der Waals surface area contributed by atoms with Gasteiger partial charge in [-0.2, -0.15) is 0 Å². The Kier molecular flexibility index (Phi) is 5.48.